The molecule has 1 heterocycles. The second-order valence-electron chi connectivity index (χ2n) is 6.35. The van der Waals surface area contributed by atoms with Crippen molar-refractivity contribution in [2.75, 3.05) is 26.2 Å². The van der Waals surface area contributed by atoms with Gasteiger partial charge in [-0.3, -0.25) is 4.98 Å². The quantitative estimate of drug-likeness (QED) is 0.279. The topological polar surface area (TPSA) is 116 Å². The number of aromatic nitrogens is 1. The second kappa shape index (κ2) is 10.2. The molecule has 2 rings (SSSR count). The number of aliphatic imine (C=N–C) groups is 1. The van der Waals surface area contributed by atoms with Gasteiger partial charge in [-0.15, -0.1) is 0 Å². The van der Waals surface area contributed by atoms with Gasteiger partial charge in [0.25, 0.3) is 0 Å². The molecule has 28 heavy (non-hydrogen) atoms. The first-order valence-corrected chi connectivity index (χ1v) is 10.5. The summed E-state index contributed by atoms with van der Waals surface area (Å²) in [5.74, 6) is 0.499. The fraction of sp³-hybridized carbons (Fsp3) is 0.368. The van der Waals surface area contributed by atoms with Crippen LogP contribution in [0, 0.1) is 0 Å². The maximum Gasteiger partial charge on any atom is 0.242 e. The van der Waals surface area contributed by atoms with Crippen LogP contribution >= 0.6 is 0 Å². The Morgan fingerprint density at radius 2 is 1.89 bits per heavy atom. The van der Waals surface area contributed by atoms with Crippen molar-refractivity contribution < 1.29 is 13.5 Å². The van der Waals surface area contributed by atoms with Crippen LogP contribution in [0.3, 0.4) is 0 Å². The van der Waals surface area contributed by atoms with Crippen LogP contribution in [0.4, 0.5) is 0 Å². The Morgan fingerprint density at radius 3 is 2.54 bits per heavy atom. The number of sulfonamides is 1. The zero-order valence-corrected chi connectivity index (χ0v) is 16.9. The second-order valence-corrected chi connectivity index (χ2v) is 8.12. The monoisotopic (exact) mass is 405 g/mol. The molecule has 1 aromatic carbocycles. The van der Waals surface area contributed by atoms with Gasteiger partial charge in [-0.25, -0.2) is 18.1 Å². The highest BCUT2D eigenvalue weighted by Gasteiger charge is 2.22. The molecule has 0 saturated carbocycles. The molecule has 1 aromatic heterocycles. The molecule has 0 spiro atoms. The third-order valence-corrected chi connectivity index (χ3v) is 5.39. The number of hydrogen-bond acceptors (Lipinski definition) is 5. The number of nitrogens with zero attached hydrogens (tertiary/aromatic N) is 2. The van der Waals surface area contributed by atoms with E-state index in [9.17, 15) is 13.5 Å². The van der Waals surface area contributed by atoms with Gasteiger partial charge in [0.1, 0.15) is 10.5 Å². The maximum atomic E-state index is 12.2. The van der Waals surface area contributed by atoms with Gasteiger partial charge in [-0.05, 0) is 31.5 Å². The number of pyridine rings is 1. The Bertz CT molecular complexity index is 856. The minimum atomic E-state index is -3.59. The van der Waals surface area contributed by atoms with Gasteiger partial charge in [-0.2, -0.15) is 0 Å². The molecule has 8 nitrogen and oxygen atoms in total. The molecule has 1 atom stereocenters. The molecule has 9 heteroatoms. The Balaban J connectivity index is 1.89. The highest BCUT2D eigenvalue weighted by molar-refractivity contribution is 7.89. The van der Waals surface area contributed by atoms with E-state index in [2.05, 4.69) is 25.3 Å². The largest absolute Gasteiger partial charge is 0.384 e. The summed E-state index contributed by atoms with van der Waals surface area (Å²) >= 11 is 0. The summed E-state index contributed by atoms with van der Waals surface area (Å²) in [5.41, 5.74) is -0.329. The van der Waals surface area contributed by atoms with Crippen molar-refractivity contribution in [2.45, 2.75) is 24.3 Å². The van der Waals surface area contributed by atoms with Crippen molar-refractivity contribution in [3.8, 4) is 0 Å². The zero-order valence-electron chi connectivity index (χ0n) is 16.1. The van der Waals surface area contributed by atoms with Gasteiger partial charge in [-0.1, -0.05) is 30.3 Å². The number of rotatable bonds is 9. The molecular weight excluding hydrogens is 378 g/mol. The van der Waals surface area contributed by atoms with Gasteiger partial charge in [0, 0.05) is 32.0 Å². The zero-order chi connectivity index (χ0) is 20.5. The molecule has 2 aromatic rings. The number of benzene rings is 1. The van der Waals surface area contributed by atoms with Crippen LogP contribution in [-0.2, 0) is 15.6 Å². The van der Waals surface area contributed by atoms with E-state index in [-0.39, 0.29) is 18.0 Å². The lowest BCUT2D eigenvalue weighted by atomic mass is 9.96. The van der Waals surface area contributed by atoms with Gasteiger partial charge in [0.2, 0.25) is 10.0 Å². The summed E-state index contributed by atoms with van der Waals surface area (Å²) in [4.78, 5) is 8.35. The molecule has 1 unspecified atom stereocenters. The normalized spacial score (nSPS) is 14.3. The highest BCUT2D eigenvalue weighted by Crippen LogP contribution is 2.20. The maximum absolute atomic E-state index is 12.2. The summed E-state index contributed by atoms with van der Waals surface area (Å²) in [5, 5.41) is 16.8. The van der Waals surface area contributed by atoms with Crippen LogP contribution < -0.4 is 15.4 Å². The minimum absolute atomic E-state index is 0.120. The number of nitrogens with one attached hydrogen (secondary N) is 3. The molecule has 0 aliphatic carbocycles. The van der Waals surface area contributed by atoms with E-state index in [4.69, 9.17) is 0 Å². The fourth-order valence-corrected chi connectivity index (χ4v) is 3.41. The molecule has 0 saturated heterocycles. The van der Waals surface area contributed by atoms with E-state index >= 15 is 0 Å². The molecule has 4 N–H and O–H groups in total. The lowest BCUT2D eigenvalue weighted by molar-refractivity contribution is 0.0672. The van der Waals surface area contributed by atoms with Crippen molar-refractivity contribution in [1.82, 2.24) is 20.3 Å². The van der Waals surface area contributed by atoms with Crippen LogP contribution in [-0.4, -0.2) is 50.6 Å². The van der Waals surface area contributed by atoms with Gasteiger partial charge in [0.15, 0.2) is 5.96 Å². The minimum Gasteiger partial charge on any atom is -0.384 e. The summed E-state index contributed by atoms with van der Waals surface area (Å²) in [6.45, 7) is 4.94. The lowest BCUT2D eigenvalue weighted by Gasteiger charge is -2.22. The fourth-order valence-electron chi connectivity index (χ4n) is 2.42. The smallest absolute Gasteiger partial charge is 0.242 e. The van der Waals surface area contributed by atoms with Crippen molar-refractivity contribution in [1.29, 1.82) is 0 Å². The third kappa shape index (κ3) is 6.59. The first kappa shape index (κ1) is 21.8. The average Bonchev–Trinajstić information content (AvgIpc) is 2.70. The lowest BCUT2D eigenvalue weighted by Crippen LogP contribution is -2.42. The van der Waals surface area contributed by atoms with Crippen molar-refractivity contribution in [3.63, 3.8) is 0 Å². The average molecular weight is 406 g/mol. The van der Waals surface area contributed by atoms with Crippen molar-refractivity contribution in [2.24, 2.45) is 4.99 Å². The van der Waals surface area contributed by atoms with Gasteiger partial charge >= 0.3 is 0 Å². The van der Waals surface area contributed by atoms with Crippen LogP contribution in [0.5, 0.6) is 0 Å². The Labute approximate surface area is 166 Å². The Hall–Kier alpha value is -2.49. The SMILES string of the molecule is CCNC(=NCC(C)(O)c1ccccc1)NCCNS(=O)(=O)c1cccnc1. The molecular formula is C19H27N5O3S. The molecule has 0 amide bonds. The summed E-state index contributed by atoms with van der Waals surface area (Å²) in [7, 11) is -3.59. The van der Waals surface area contributed by atoms with E-state index < -0.39 is 15.6 Å². The van der Waals surface area contributed by atoms with Crippen LogP contribution in [0.25, 0.3) is 0 Å². The molecule has 0 aliphatic rings. The van der Waals surface area contributed by atoms with Crippen molar-refractivity contribution in [3.05, 3.63) is 60.4 Å². The van der Waals surface area contributed by atoms with Gasteiger partial charge < -0.3 is 15.7 Å². The predicted octanol–water partition coefficient (Wildman–Crippen LogP) is 0.823. The van der Waals surface area contributed by atoms with E-state index in [0.717, 1.165) is 5.56 Å². The molecule has 0 fully saturated rings. The predicted molar refractivity (Wildman–Crippen MR) is 109 cm³/mol. The Morgan fingerprint density at radius 1 is 1.14 bits per heavy atom. The third-order valence-electron chi connectivity index (χ3n) is 3.94. The number of aliphatic hydroxyl groups is 1. The standard InChI is InChI=1S/C19H27N5O3S/c1-3-21-18(23-15-19(2,25)16-8-5-4-6-9-16)22-12-13-24-28(26,27)17-10-7-11-20-14-17/h4-11,14,24-25H,3,12-13,15H2,1-2H3,(H2,21,22,23). The van der Waals surface area contributed by atoms with E-state index in [1.807, 2.05) is 37.3 Å². The summed E-state index contributed by atoms with van der Waals surface area (Å²) in [6.07, 6.45) is 2.82. The van der Waals surface area contributed by atoms with Crippen LogP contribution in [0.1, 0.15) is 19.4 Å². The molecule has 152 valence electrons. The first-order valence-electron chi connectivity index (χ1n) is 9.05. The number of hydrogen-bond donors (Lipinski definition) is 4. The molecule has 0 bridgehead atoms. The molecule has 0 radical (unpaired) electrons. The van der Waals surface area contributed by atoms with E-state index in [1.165, 1.54) is 18.5 Å². The summed E-state index contributed by atoms with van der Waals surface area (Å²) < 4.78 is 26.8. The highest BCUT2D eigenvalue weighted by atomic mass is 32.2. The first-order chi connectivity index (χ1) is 13.3. The Kier molecular flexibility index (Phi) is 7.91. The van der Waals surface area contributed by atoms with Gasteiger partial charge in [0.05, 0.1) is 6.54 Å². The van der Waals surface area contributed by atoms with Crippen LogP contribution in [0.15, 0.2) is 64.7 Å². The van der Waals surface area contributed by atoms with Crippen LogP contribution in [0.2, 0.25) is 0 Å². The molecule has 0 aliphatic heterocycles. The summed E-state index contributed by atoms with van der Waals surface area (Å²) in [6, 6.07) is 12.4. The number of guanidine groups is 1. The van der Waals surface area contributed by atoms with E-state index in [0.29, 0.717) is 19.0 Å². The van der Waals surface area contributed by atoms with E-state index in [1.54, 1.807) is 13.0 Å². The van der Waals surface area contributed by atoms with Crippen molar-refractivity contribution >= 4 is 16.0 Å².